The van der Waals surface area contributed by atoms with Crippen LogP contribution < -0.4 is 14.4 Å². The molecule has 0 fully saturated rings. The quantitative estimate of drug-likeness (QED) is 0.206. The zero-order chi connectivity index (χ0) is 27.3. The molecule has 4 aromatic rings. The third kappa shape index (κ3) is 6.53. The van der Waals surface area contributed by atoms with Crippen molar-refractivity contribution in [1.29, 1.82) is 0 Å². The Kier molecular flexibility index (Phi) is 8.37. The van der Waals surface area contributed by atoms with E-state index in [0.717, 1.165) is 46.2 Å². The molecule has 3 aromatic carbocycles. The molecule has 4 rings (SSSR count). The molecular formula is C31H34N2O4S. The first-order chi connectivity index (χ1) is 18.1. The molecule has 1 heterocycles. The van der Waals surface area contributed by atoms with Gasteiger partial charge in [-0.05, 0) is 68.5 Å². The second kappa shape index (κ2) is 11.7. The van der Waals surface area contributed by atoms with Crippen LogP contribution in [0.1, 0.15) is 31.4 Å². The van der Waals surface area contributed by atoms with Crippen LogP contribution >= 0.6 is 11.3 Å². The summed E-state index contributed by atoms with van der Waals surface area (Å²) in [4.78, 5) is 18.4. The predicted octanol–water partition coefficient (Wildman–Crippen LogP) is 7.24. The highest BCUT2D eigenvalue weighted by Gasteiger charge is 2.30. The molecule has 0 aliphatic rings. The molecule has 0 amide bonds. The second-order valence-corrected chi connectivity index (χ2v) is 10.7. The Labute approximate surface area is 228 Å². The van der Waals surface area contributed by atoms with E-state index >= 15 is 0 Å². The Hall–Kier alpha value is -3.84. The molecule has 0 bridgehead atoms. The van der Waals surface area contributed by atoms with Crippen LogP contribution in [0.2, 0.25) is 0 Å². The van der Waals surface area contributed by atoms with Crippen LogP contribution in [-0.2, 0) is 4.79 Å². The highest BCUT2D eigenvalue weighted by Crippen LogP contribution is 2.31. The number of anilines is 1. The lowest BCUT2D eigenvalue weighted by molar-refractivity contribution is -0.152. The fraction of sp³-hybridized carbons (Fsp3) is 0.290. The maximum Gasteiger partial charge on any atom is 0.347 e. The molecule has 38 heavy (non-hydrogen) atoms. The SMILES string of the molecule is Cc1cc(OC(C)(C)C(=O)O)c(C)cc1OCCCN(C)c1nc(-c2ccc(-c3ccccc3)cc2)cs1. The Morgan fingerprint density at radius 2 is 1.55 bits per heavy atom. The van der Waals surface area contributed by atoms with Crippen LogP contribution in [0.5, 0.6) is 11.5 Å². The number of ether oxygens (including phenoxy) is 2. The summed E-state index contributed by atoms with van der Waals surface area (Å²) in [7, 11) is 2.05. The van der Waals surface area contributed by atoms with Crippen molar-refractivity contribution >= 4 is 22.4 Å². The number of benzene rings is 3. The van der Waals surface area contributed by atoms with Crippen LogP contribution in [-0.4, -0.2) is 41.9 Å². The fourth-order valence-corrected chi connectivity index (χ4v) is 4.79. The van der Waals surface area contributed by atoms with Gasteiger partial charge in [0.25, 0.3) is 0 Å². The Morgan fingerprint density at radius 1 is 0.947 bits per heavy atom. The third-order valence-corrected chi connectivity index (χ3v) is 7.31. The number of carboxylic acid groups (broad SMARTS) is 1. The van der Waals surface area contributed by atoms with Gasteiger partial charge in [-0.15, -0.1) is 11.3 Å². The average Bonchev–Trinajstić information content (AvgIpc) is 3.40. The van der Waals surface area contributed by atoms with E-state index in [9.17, 15) is 9.90 Å². The van der Waals surface area contributed by atoms with Crippen molar-refractivity contribution < 1.29 is 19.4 Å². The van der Waals surface area contributed by atoms with E-state index in [1.54, 1.807) is 11.3 Å². The smallest absolute Gasteiger partial charge is 0.347 e. The average molecular weight is 531 g/mol. The van der Waals surface area contributed by atoms with E-state index in [4.69, 9.17) is 14.5 Å². The van der Waals surface area contributed by atoms with E-state index in [-0.39, 0.29) is 0 Å². The number of hydrogen-bond acceptors (Lipinski definition) is 6. The lowest BCUT2D eigenvalue weighted by Gasteiger charge is -2.23. The summed E-state index contributed by atoms with van der Waals surface area (Å²) in [6.07, 6.45) is 0.833. The number of aromatic nitrogens is 1. The molecule has 0 aliphatic carbocycles. The van der Waals surface area contributed by atoms with Crippen LogP contribution in [0, 0.1) is 13.8 Å². The second-order valence-electron chi connectivity index (χ2n) is 9.88. The summed E-state index contributed by atoms with van der Waals surface area (Å²) >= 11 is 1.64. The van der Waals surface area contributed by atoms with Crippen LogP contribution in [0.3, 0.4) is 0 Å². The molecule has 1 N–H and O–H groups in total. The van der Waals surface area contributed by atoms with Gasteiger partial charge in [0.15, 0.2) is 10.7 Å². The third-order valence-electron chi connectivity index (χ3n) is 6.35. The standard InChI is InChI=1S/C31H34N2O4S/c1-21-19-28(37-31(3,4)29(34)35)22(2)18-27(21)36-17-9-16-33(5)30-32-26(20-38-30)25-14-12-24(13-15-25)23-10-7-6-8-11-23/h6-8,10-15,18-20H,9,16-17H2,1-5H3,(H,34,35). The molecule has 0 spiro atoms. The molecule has 1 aromatic heterocycles. The van der Waals surface area contributed by atoms with E-state index < -0.39 is 11.6 Å². The van der Waals surface area contributed by atoms with Crippen molar-refractivity contribution in [1.82, 2.24) is 4.98 Å². The number of carboxylic acids is 1. The molecule has 7 heteroatoms. The van der Waals surface area contributed by atoms with Crippen molar-refractivity contribution in [2.45, 2.75) is 39.7 Å². The highest BCUT2D eigenvalue weighted by molar-refractivity contribution is 7.14. The minimum absolute atomic E-state index is 0.552. The summed E-state index contributed by atoms with van der Waals surface area (Å²) in [5.41, 5.74) is 4.93. The maximum atomic E-state index is 11.4. The van der Waals surface area contributed by atoms with Crippen molar-refractivity contribution in [3.8, 4) is 33.9 Å². The first-order valence-electron chi connectivity index (χ1n) is 12.6. The molecule has 6 nitrogen and oxygen atoms in total. The Bertz CT molecular complexity index is 1380. The number of nitrogens with zero attached hydrogens (tertiary/aromatic N) is 2. The lowest BCUT2D eigenvalue weighted by atomic mass is 10.0. The van der Waals surface area contributed by atoms with Gasteiger partial charge >= 0.3 is 5.97 Å². The van der Waals surface area contributed by atoms with Crippen molar-refractivity contribution in [2.75, 3.05) is 25.1 Å². The van der Waals surface area contributed by atoms with Crippen molar-refractivity contribution in [2.24, 2.45) is 0 Å². The van der Waals surface area contributed by atoms with Crippen LogP contribution in [0.25, 0.3) is 22.4 Å². The highest BCUT2D eigenvalue weighted by atomic mass is 32.1. The van der Waals surface area contributed by atoms with Gasteiger partial charge in [0.2, 0.25) is 0 Å². The van der Waals surface area contributed by atoms with Gasteiger partial charge in [0, 0.05) is 24.5 Å². The zero-order valence-electron chi connectivity index (χ0n) is 22.5. The number of aryl methyl sites for hydroxylation is 2. The number of aliphatic carboxylic acids is 1. The summed E-state index contributed by atoms with van der Waals surface area (Å²) in [6.45, 7) is 8.28. The molecule has 0 saturated heterocycles. The summed E-state index contributed by atoms with van der Waals surface area (Å²) in [6, 6.07) is 22.6. The first kappa shape index (κ1) is 27.2. The van der Waals surface area contributed by atoms with Gasteiger partial charge in [-0.3, -0.25) is 0 Å². The Balaban J connectivity index is 1.29. The van der Waals surface area contributed by atoms with Gasteiger partial charge < -0.3 is 19.5 Å². The molecule has 198 valence electrons. The van der Waals surface area contributed by atoms with Gasteiger partial charge in [0.1, 0.15) is 11.5 Å². The molecule has 0 aliphatic heterocycles. The van der Waals surface area contributed by atoms with Gasteiger partial charge in [-0.1, -0.05) is 54.6 Å². The number of rotatable bonds is 11. The van der Waals surface area contributed by atoms with E-state index in [0.29, 0.717) is 12.4 Å². The molecule has 0 saturated carbocycles. The zero-order valence-corrected chi connectivity index (χ0v) is 23.3. The number of thiazole rings is 1. The predicted molar refractivity (Wildman–Crippen MR) is 155 cm³/mol. The topological polar surface area (TPSA) is 71.9 Å². The lowest BCUT2D eigenvalue weighted by Crippen LogP contribution is -2.38. The van der Waals surface area contributed by atoms with E-state index in [2.05, 4.69) is 58.8 Å². The normalized spacial score (nSPS) is 11.3. The van der Waals surface area contributed by atoms with Crippen molar-refractivity contribution in [3.05, 3.63) is 83.2 Å². The summed E-state index contributed by atoms with van der Waals surface area (Å²) in [5, 5.41) is 12.4. The Morgan fingerprint density at radius 3 is 2.24 bits per heavy atom. The van der Waals surface area contributed by atoms with Crippen LogP contribution in [0.15, 0.2) is 72.1 Å². The fourth-order valence-electron chi connectivity index (χ4n) is 3.96. The maximum absolute atomic E-state index is 11.4. The molecule has 0 atom stereocenters. The number of carbonyl (C=O) groups is 1. The minimum Gasteiger partial charge on any atom is -0.493 e. The first-order valence-corrected chi connectivity index (χ1v) is 13.5. The summed E-state index contributed by atoms with van der Waals surface area (Å²) in [5.74, 6) is 0.324. The van der Waals surface area contributed by atoms with Crippen molar-refractivity contribution in [3.63, 3.8) is 0 Å². The van der Waals surface area contributed by atoms with Gasteiger partial charge in [0.05, 0.1) is 12.3 Å². The largest absolute Gasteiger partial charge is 0.493 e. The molecule has 0 radical (unpaired) electrons. The minimum atomic E-state index is -1.30. The van der Waals surface area contributed by atoms with E-state index in [1.165, 1.54) is 25.0 Å². The van der Waals surface area contributed by atoms with Gasteiger partial charge in [-0.2, -0.15) is 0 Å². The molecule has 0 unspecified atom stereocenters. The number of hydrogen-bond donors (Lipinski definition) is 1. The van der Waals surface area contributed by atoms with E-state index in [1.807, 2.05) is 39.1 Å². The molecular weight excluding hydrogens is 496 g/mol. The summed E-state index contributed by atoms with van der Waals surface area (Å²) < 4.78 is 11.8. The monoisotopic (exact) mass is 530 g/mol. The van der Waals surface area contributed by atoms with Crippen LogP contribution in [0.4, 0.5) is 5.13 Å². The van der Waals surface area contributed by atoms with Gasteiger partial charge in [-0.25, -0.2) is 9.78 Å².